The summed E-state index contributed by atoms with van der Waals surface area (Å²) in [6.07, 6.45) is 4.06. The second-order valence-electron chi connectivity index (χ2n) is 3.63. The summed E-state index contributed by atoms with van der Waals surface area (Å²) in [5.41, 5.74) is 0. The minimum absolute atomic E-state index is 0.0191. The predicted octanol–water partition coefficient (Wildman–Crippen LogP) is 0.834. The lowest BCUT2D eigenvalue weighted by molar-refractivity contribution is 0.269. The average molecular weight is 347 g/mol. The van der Waals surface area contributed by atoms with Gasteiger partial charge in [0.15, 0.2) is 0 Å². The summed E-state index contributed by atoms with van der Waals surface area (Å²) < 4.78 is 28.5. The highest BCUT2D eigenvalue weighted by molar-refractivity contribution is 9.10. The van der Waals surface area contributed by atoms with E-state index in [1.807, 2.05) is 0 Å². The third kappa shape index (κ3) is 3.52. The van der Waals surface area contributed by atoms with Gasteiger partial charge in [0, 0.05) is 16.9 Å². The third-order valence-corrected chi connectivity index (χ3v) is 3.99. The normalized spacial score (nSPS) is 11.5. The van der Waals surface area contributed by atoms with Gasteiger partial charge in [-0.3, -0.25) is 9.40 Å². The molecule has 7 nitrogen and oxygen atoms in total. The number of rotatable bonds is 5. The molecular weight excluding hydrogens is 336 g/mol. The third-order valence-electron chi connectivity index (χ3n) is 2.22. The van der Waals surface area contributed by atoms with Gasteiger partial charge in [-0.05, 0) is 28.1 Å². The molecular formula is C10H11BrN4O3S. The van der Waals surface area contributed by atoms with E-state index in [1.165, 1.54) is 23.3 Å². The standard InChI is InChI=1S/C10H11BrN4O3S/c11-8-1-2-10(12-5-8)14-19(17,18)9-6-13-15(7-9)3-4-16/h1-2,5-7,16H,3-4H2,(H,12,14). The van der Waals surface area contributed by atoms with E-state index in [2.05, 4.69) is 30.7 Å². The van der Waals surface area contributed by atoms with E-state index in [0.29, 0.717) is 0 Å². The number of nitrogens with one attached hydrogen (secondary N) is 1. The molecule has 9 heteroatoms. The van der Waals surface area contributed by atoms with Gasteiger partial charge in [0.05, 0.1) is 19.3 Å². The van der Waals surface area contributed by atoms with Gasteiger partial charge >= 0.3 is 0 Å². The maximum absolute atomic E-state index is 12.0. The molecule has 0 spiro atoms. The van der Waals surface area contributed by atoms with Crippen LogP contribution in [0, 0.1) is 0 Å². The number of aliphatic hydroxyl groups is 1. The van der Waals surface area contributed by atoms with Crippen molar-refractivity contribution >= 4 is 31.8 Å². The Morgan fingerprint density at radius 2 is 2.16 bits per heavy atom. The minimum atomic E-state index is -3.72. The number of aliphatic hydroxyl groups excluding tert-OH is 1. The van der Waals surface area contributed by atoms with Crippen LogP contribution in [-0.2, 0) is 16.6 Å². The topological polar surface area (TPSA) is 97.1 Å². The lowest BCUT2D eigenvalue weighted by Gasteiger charge is -2.04. The van der Waals surface area contributed by atoms with Gasteiger partial charge in [0.2, 0.25) is 0 Å². The SMILES string of the molecule is O=S(=O)(Nc1ccc(Br)cn1)c1cnn(CCO)c1. The molecule has 0 aliphatic rings. The number of halogens is 1. The van der Waals surface area contributed by atoms with Gasteiger partial charge in [-0.2, -0.15) is 5.10 Å². The van der Waals surface area contributed by atoms with Gasteiger partial charge in [0.25, 0.3) is 10.0 Å². The van der Waals surface area contributed by atoms with Crippen LogP contribution < -0.4 is 4.72 Å². The molecule has 0 amide bonds. The molecule has 0 radical (unpaired) electrons. The van der Waals surface area contributed by atoms with Gasteiger partial charge in [0.1, 0.15) is 10.7 Å². The van der Waals surface area contributed by atoms with Crippen molar-refractivity contribution in [2.75, 3.05) is 11.3 Å². The molecule has 0 saturated carbocycles. The molecule has 0 aliphatic heterocycles. The summed E-state index contributed by atoms with van der Waals surface area (Å²) in [5.74, 6) is 0.220. The van der Waals surface area contributed by atoms with E-state index in [-0.39, 0.29) is 23.9 Å². The smallest absolute Gasteiger partial charge is 0.266 e. The van der Waals surface area contributed by atoms with Crippen molar-refractivity contribution in [1.82, 2.24) is 14.8 Å². The van der Waals surface area contributed by atoms with Crippen molar-refractivity contribution in [2.24, 2.45) is 0 Å². The van der Waals surface area contributed by atoms with Crippen LogP contribution in [0.15, 0.2) is 40.1 Å². The zero-order valence-electron chi connectivity index (χ0n) is 9.69. The van der Waals surface area contributed by atoms with Crippen LogP contribution in [0.4, 0.5) is 5.82 Å². The number of aromatic nitrogens is 3. The Bertz CT molecular complexity index is 654. The fourth-order valence-corrected chi connectivity index (χ4v) is 2.54. The van der Waals surface area contributed by atoms with Crippen molar-refractivity contribution in [3.8, 4) is 0 Å². The van der Waals surface area contributed by atoms with Crippen LogP contribution in [0.1, 0.15) is 0 Å². The Hall–Kier alpha value is -1.45. The molecule has 0 unspecified atom stereocenters. The first-order valence-electron chi connectivity index (χ1n) is 5.29. The zero-order chi connectivity index (χ0) is 13.9. The lowest BCUT2D eigenvalue weighted by atomic mass is 10.5. The average Bonchev–Trinajstić information content (AvgIpc) is 2.82. The maximum Gasteiger partial charge on any atom is 0.266 e. The van der Waals surface area contributed by atoms with E-state index in [0.717, 1.165) is 4.47 Å². The molecule has 2 N–H and O–H groups in total. The fraction of sp³-hybridized carbons (Fsp3) is 0.200. The Kier molecular flexibility index (Phi) is 4.17. The van der Waals surface area contributed by atoms with E-state index in [1.54, 1.807) is 12.1 Å². The Morgan fingerprint density at radius 1 is 1.37 bits per heavy atom. The van der Waals surface area contributed by atoms with Gasteiger partial charge < -0.3 is 5.11 Å². The van der Waals surface area contributed by atoms with Crippen molar-refractivity contribution in [3.63, 3.8) is 0 Å². The Morgan fingerprint density at radius 3 is 2.79 bits per heavy atom. The second kappa shape index (κ2) is 5.68. The first-order valence-corrected chi connectivity index (χ1v) is 7.56. The first-order chi connectivity index (χ1) is 9.01. The number of hydrogen-bond donors (Lipinski definition) is 2. The molecule has 2 rings (SSSR count). The van der Waals surface area contributed by atoms with E-state index in [9.17, 15) is 8.42 Å². The molecule has 2 heterocycles. The molecule has 2 aromatic heterocycles. The maximum atomic E-state index is 12.0. The summed E-state index contributed by atoms with van der Waals surface area (Å²) in [5, 5.41) is 12.6. The first kappa shape index (κ1) is 14.0. The van der Waals surface area contributed by atoms with Crippen LogP contribution in [0.2, 0.25) is 0 Å². The summed E-state index contributed by atoms with van der Waals surface area (Å²) in [4.78, 5) is 3.95. The number of hydrogen-bond acceptors (Lipinski definition) is 5. The van der Waals surface area contributed by atoms with Crippen LogP contribution >= 0.6 is 15.9 Å². The highest BCUT2D eigenvalue weighted by atomic mass is 79.9. The van der Waals surface area contributed by atoms with Crippen molar-refractivity contribution in [3.05, 3.63) is 35.2 Å². The van der Waals surface area contributed by atoms with Gasteiger partial charge in [-0.25, -0.2) is 13.4 Å². The number of anilines is 1. The van der Waals surface area contributed by atoms with Crippen LogP contribution in [0.5, 0.6) is 0 Å². The molecule has 19 heavy (non-hydrogen) atoms. The van der Waals surface area contributed by atoms with E-state index in [4.69, 9.17) is 5.11 Å². The minimum Gasteiger partial charge on any atom is -0.394 e. The lowest BCUT2D eigenvalue weighted by Crippen LogP contribution is -2.13. The predicted molar refractivity (Wildman–Crippen MR) is 72.1 cm³/mol. The van der Waals surface area contributed by atoms with Crippen molar-refractivity contribution < 1.29 is 13.5 Å². The summed E-state index contributed by atoms with van der Waals surface area (Å²) in [6, 6.07) is 3.22. The number of sulfonamides is 1. The molecule has 0 bridgehead atoms. The van der Waals surface area contributed by atoms with Gasteiger partial charge in [-0.1, -0.05) is 0 Å². The van der Waals surface area contributed by atoms with Crippen molar-refractivity contribution in [2.45, 2.75) is 11.4 Å². The molecule has 0 aromatic carbocycles. The summed E-state index contributed by atoms with van der Waals surface area (Å²) in [7, 11) is -3.72. The highest BCUT2D eigenvalue weighted by Gasteiger charge is 2.17. The molecule has 0 atom stereocenters. The summed E-state index contributed by atoms with van der Waals surface area (Å²) >= 11 is 3.21. The number of pyridine rings is 1. The summed E-state index contributed by atoms with van der Waals surface area (Å²) in [6.45, 7) is 0.134. The quantitative estimate of drug-likeness (QED) is 0.835. The highest BCUT2D eigenvalue weighted by Crippen LogP contribution is 2.15. The Labute approximate surface area is 118 Å². The van der Waals surface area contributed by atoms with E-state index >= 15 is 0 Å². The Balaban J connectivity index is 2.19. The molecule has 0 saturated heterocycles. The largest absolute Gasteiger partial charge is 0.394 e. The van der Waals surface area contributed by atoms with Crippen molar-refractivity contribution in [1.29, 1.82) is 0 Å². The zero-order valence-corrected chi connectivity index (χ0v) is 12.1. The molecule has 0 fully saturated rings. The van der Waals surface area contributed by atoms with Gasteiger partial charge in [-0.15, -0.1) is 0 Å². The monoisotopic (exact) mass is 346 g/mol. The van der Waals surface area contributed by atoms with Crippen LogP contribution in [0.25, 0.3) is 0 Å². The molecule has 102 valence electrons. The second-order valence-corrected chi connectivity index (χ2v) is 6.23. The molecule has 2 aromatic rings. The van der Waals surface area contributed by atoms with E-state index < -0.39 is 10.0 Å². The van der Waals surface area contributed by atoms with Crippen LogP contribution in [-0.4, -0.2) is 34.9 Å². The fourth-order valence-electron chi connectivity index (χ4n) is 1.34. The number of nitrogens with zero attached hydrogens (tertiary/aromatic N) is 3. The van der Waals surface area contributed by atoms with Crippen LogP contribution in [0.3, 0.4) is 0 Å². The molecule has 0 aliphatic carbocycles.